The summed E-state index contributed by atoms with van der Waals surface area (Å²) < 4.78 is 90.4. The lowest BCUT2D eigenvalue weighted by Crippen LogP contribution is -2.48. The molecule has 0 N–H and O–H groups in total. The second kappa shape index (κ2) is 5.80. The Balaban J connectivity index is 3.32. The van der Waals surface area contributed by atoms with Gasteiger partial charge in [-0.25, -0.2) is 8.78 Å². The first-order valence-corrected chi connectivity index (χ1v) is 5.36. The number of halogens is 7. The Bertz CT molecular complexity index is 443. The van der Waals surface area contributed by atoms with Crippen molar-refractivity contribution in [1.29, 1.82) is 0 Å². The highest BCUT2D eigenvalue weighted by Gasteiger charge is 2.65. The van der Waals surface area contributed by atoms with Gasteiger partial charge in [0, 0.05) is 0 Å². The van der Waals surface area contributed by atoms with E-state index in [1.807, 2.05) is 0 Å². The van der Waals surface area contributed by atoms with Crippen molar-refractivity contribution in [2.45, 2.75) is 30.4 Å². The van der Waals surface area contributed by atoms with E-state index in [4.69, 9.17) is 0 Å². The molecule has 0 heterocycles. The Morgan fingerprint density at radius 2 is 1.45 bits per heavy atom. The number of alkyl halides is 7. The number of carbonyl (C=O) groups is 1. The highest BCUT2D eigenvalue weighted by Crippen LogP contribution is 2.48. The Morgan fingerprint density at radius 1 is 0.950 bits per heavy atom. The van der Waals surface area contributed by atoms with Crippen LogP contribution in [0.3, 0.4) is 0 Å². The van der Waals surface area contributed by atoms with Crippen molar-refractivity contribution in [3.05, 3.63) is 35.9 Å². The third-order valence-corrected chi connectivity index (χ3v) is 2.68. The Morgan fingerprint density at radius 3 is 1.85 bits per heavy atom. The van der Waals surface area contributed by atoms with E-state index in [9.17, 15) is 35.5 Å². The van der Waals surface area contributed by atoms with Gasteiger partial charge in [-0.15, -0.1) is 0 Å². The Labute approximate surface area is 109 Å². The maximum atomic E-state index is 13.6. The highest BCUT2D eigenvalue weighted by molar-refractivity contribution is 5.57. The van der Waals surface area contributed by atoms with Gasteiger partial charge >= 0.3 is 12.1 Å². The maximum Gasteiger partial charge on any atom is 0.454 e. The zero-order chi connectivity index (χ0) is 15.6. The number of benzene rings is 1. The van der Waals surface area contributed by atoms with Crippen molar-refractivity contribution in [1.82, 2.24) is 0 Å². The normalized spacial score (nSPS) is 17.4. The van der Waals surface area contributed by atoms with Crippen molar-refractivity contribution >= 4 is 6.29 Å². The molecule has 0 aliphatic rings. The SMILES string of the molecule is O=CC(F)C(F)C(c1ccccc1)C(F)(F)C(F)(F)F. The van der Waals surface area contributed by atoms with E-state index in [-0.39, 0.29) is 0 Å². The van der Waals surface area contributed by atoms with E-state index >= 15 is 0 Å². The van der Waals surface area contributed by atoms with E-state index in [1.165, 1.54) is 6.07 Å². The molecule has 1 rings (SSSR count). The van der Waals surface area contributed by atoms with Gasteiger partial charge in [0.25, 0.3) is 0 Å². The van der Waals surface area contributed by atoms with Gasteiger partial charge in [0.1, 0.15) is 0 Å². The molecule has 20 heavy (non-hydrogen) atoms. The molecular formula is C12H9F7O. The van der Waals surface area contributed by atoms with Crippen molar-refractivity contribution in [3.63, 3.8) is 0 Å². The van der Waals surface area contributed by atoms with E-state index in [2.05, 4.69) is 0 Å². The summed E-state index contributed by atoms with van der Waals surface area (Å²) in [5, 5.41) is 0. The molecule has 0 fully saturated rings. The molecule has 3 atom stereocenters. The van der Waals surface area contributed by atoms with Crippen LogP contribution in [0.5, 0.6) is 0 Å². The zero-order valence-electron chi connectivity index (χ0n) is 9.75. The summed E-state index contributed by atoms with van der Waals surface area (Å²) in [7, 11) is 0. The quantitative estimate of drug-likeness (QED) is 0.596. The first-order chi connectivity index (χ1) is 9.13. The lowest BCUT2D eigenvalue weighted by atomic mass is 9.86. The van der Waals surface area contributed by atoms with Gasteiger partial charge in [-0.1, -0.05) is 30.3 Å². The molecule has 0 aromatic heterocycles. The van der Waals surface area contributed by atoms with Gasteiger partial charge in [0.2, 0.25) is 0 Å². The minimum atomic E-state index is -6.07. The average Bonchev–Trinajstić information content (AvgIpc) is 2.37. The number of hydrogen-bond acceptors (Lipinski definition) is 1. The van der Waals surface area contributed by atoms with Gasteiger partial charge in [-0.3, -0.25) is 4.79 Å². The fourth-order valence-electron chi connectivity index (χ4n) is 1.69. The minimum Gasteiger partial charge on any atom is -0.300 e. The third kappa shape index (κ3) is 3.10. The molecular weight excluding hydrogens is 293 g/mol. The molecule has 3 unspecified atom stereocenters. The van der Waals surface area contributed by atoms with Gasteiger partial charge in [0.15, 0.2) is 18.6 Å². The van der Waals surface area contributed by atoms with Crippen molar-refractivity contribution in [2.75, 3.05) is 0 Å². The van der Waals surface area contributed by atoms with Crippen LogP contribution in [0.1, 0.15) is 11.5 Å². The van der Waals surface area contributed by atoms with Crippen LogP contribution in [0.2, 0.25) is 0 Å². The van der Waals surface area contributed by atoms with Crippen LogP contribution in [0.15, 0.2) is 30.3 Å². The monoisotopic (exact) mass is 302 g/mol. The second-order valence-electron chi connectivity index (χ2n) is 4.03. The standard InChI is InChI=1S/C12H9F7O/c13-8(6-20)10(14)9(7-4-2-1-3-5-7)11(15,16)12(17,18)19/h1-6,8-10H. The van der Waals surface area contributed by atoms with Crippen LogP contribution in [0, 0.1) is 0 Å². The van der Waals surface area contributed by atoms with E-state index < -0.39 is 42.2 Å². The molecule has 0 saturated heterocycles. The molecule has 112 valence electrons. The lowest BCUT2D eigenvalue weighted by molar-refractivity contribution is -0.297. The molecule has 0 radical (unpaired) electrons. The fourth-order valence-corrected chi connectivity index (χ4v) is 1.69. The average molecular weight is 302 g/mol. The molecule has 8 heteroatoms. The molecule has 1 aromatic rings. The Kier molecular flexibility index (Phi) is 4.77. The summed E-state index contributed by atoms with van der Waals surface area (Å²) in [6, 6.07) is 5.15. The molecule has 0 saturated carbocycles. The minimum absolute atomic E-state index is 0.646. The molecule has 0 bridgehead atoms. The van der Waals surface area contributed by atoms with Gasteiger partial charge in [0.05, 0.1) is 5.92 Å². The highest BCUT2D eigenvalue weighted by atomic mass is 19.4. The summed E-state index contributed by atoms with van der Waals surface area (Å²) >= 11 is 0. The van der Waals surface area contributed by atoms with Crippen LogP contribution < -0.4 is 0 Å². The van der Waals surface area contributed by atoms with Crippen LogP contribution in [0.25, 0.3) is 0 Å². The lowest BCUT2D eigenvalue weighted by Gasteiger charge is -2.31. The van der Waals surface area contributed by atoms with Gasteiger partial charge in [-0.2, -0.15) is 22.0 Å². The van der Waals surface area contributed by atoms with Crippen LogP contribution in [0.4, 0.5) is 30.7 Å². The van der Waals surface area contributed by atoms with Crippen LogP contribution >= 0.6 is 0 Å². The van der Waals surface area contributed by atoms with E-state index in [0.717, 1.165) is 24.3 Å². The van der Waals surface area contributed by atoms with Crippen molar-refractivity contribution in [2.24, 2.45) is 0 Å². The number of carbonyl (C=O) groups excluding carboxylic acids is 1. The number of aldehydes is 1. The maximum absolute atomic E-state index is 13.6. The molecule has 0 spiro atoms. The van der Waals surface area contributed by atoms with E-state index in [0.29, 0.717) is 0 Å². The van der Waals surface area contributed by atoms with Crippen molar-refractivity contribution in [3.8, 4) is 0 Å². The summed E-state index contributed by atoms with van der Waals surface area (Å²) in [6.45, 7) is 0. The van der Waals surface area contributed by atoms with E-state index in [1.54, 1.807) is 0 Å². The first-order valence-electron chi connectivity index (χ1n) is 5.36. The molecule has 0 aliphatic carbocycles. The molecule has 0 aliphatic heterocycles. The first kappa shape index (κ1) is 16.5. The summed E-state index contributed by atoms with van der Waals surface area (Å²) in [4.78, 5) is 10.1. The Hall–Kier alpha value is -1.60. The summed E-state index contributed by atoms with van der Waals surface area (Å²) in [5.74, 6) is -8.65. The number of rotatable bonds is 5. The molecule has 1 nitrogen and oxygen atoms in total. The second-order valence-corrected chi connectivity index (χ2v) is 4.03. The summed E-state index contributed by atoms with van der Waals surface area (Å²) in [5.41, 5.74) is -0.744. The van der Waals surface area contributed by atoms with Crippen molar-refractivity contribution < 1.29 is 35.5 Å². The third-order valence-electron chi connectivity index (χ3n) is 2.68. The molecule has 1 aromatic carbocycles. The smallest absolute Gasteiger partial charge is 0.300 e. The van der Waals surface area contributed by atoms with Crippen LogP contribution in [-0.4, -0.2) is 30.7 Å². The largest absolute Gasteiger partial charge is 0.454 e. The number of hydrogen-bond donors (Lipinski definition) is 0. The topological polar surface area (TPSA) is 17.1 Å². The zero-order valence-corrected chi connectivity index (χ0v) is 9.75. The fraction of sp³-hybridized carbons (Fsp3) is 0.417. The van der Waals surface area contributed by atoms with Gasteiger partial charge in [-0.05, 0) is 5.56 Å². The molecule has 0 amide bonds. The predicted octanol–water partition coefficient (Wildman–Crippen LogP) is 3.84. The van der Waals surface area contributed by atoms with Crippen LogP contribution in [-0.2, 0) is 4.79 Å². The predicted molar refractivity (Wildman–Crippen MR) is 56.0 cm³/mol. The van der Waals surface area contributed by atoms with Gasteiger partial charge < -0.3 is 0 Å². The summed E-state index contributed by atoms with van der Waals surface area (Å²) in [6.07, 6.45) is -13.1.